The summed E-state index contributed by atoms with van der Waals surface area (Å²) >= 11 is 0. The fourth-order valence-electron chi connectivity index (χ4n) is 2.35. The Kier molecular flexibility index (Phi) is 2.94. The minimum absolute atomic E-state index is 0.554. The summed E-state index contributed by atoms with van der Waals surface area (Å²) in [6, 6.07) is 7.93. The molecule has 3 aromatic heterocycles. The van der Waals surface area contributed by atoms with E-state index in [-0.39, 0.29) is 0 Å². The van der Waals surface area contributed by atoms with Gasteiger partial charge in [0, 0.05) is 18.0 Å². The molecule has 0 aromatic carbocycles. The number of allylic oxidation sites excluding steroid dienone is 2. The van der Waals surface area contributed by atoms with Crippen LogP contribution >= 0.6 is 0 Å². The Morgan fingerprint density at radius 1 is 1.23 bits per heavy atom. The molecule has 0 aliphatic heterocycles. The zero-order valence-electron chi connectivity index (χ0n) is 11.8. The van der Waals surface area contributed by atoms with E-state index in [9.17, 15) is 5.26 Å². The molecule has 1 fully saturated rings. The number of aromatic nitrogens is 4. The molecule has 0 unspecified atom stereocenters. The van der Waals surface area contributed by atoms with Crippen LogP contribution < -0.4 is 0 Å². The highest BCUT2D eigenvalue weighted by molar-refractivity contribution is 5.77. The Morgan fingerprint density at radius 3 is 2.86 bits per heavy atom. The number of hydrogen-bond donors (Lipinski definition) is 1. The smallest absolute Gasteiger partial charge is 0.156 e. The summed E-state index contributed by atoms with van der Waals surface area (Å²) in [6.07, 6.45) is 9.66. The molecule has 0 radical (unpaired) electrons. The van der Waals surface area contributed by atoms with Crippen molar-refractivity contribution in [3.63, 3.8) is 0 Å². The first-order valence-electron chi connectivity index (χ1n) is 7.22. The fourth-order valence-corrected chi connectivity index (χ4v) is 2.35. The lowest BCUT2D eigenvalue weighted by molar-refractivity contribution is 1.12. The van der Waals surface area contributed by atoms with Gasteiger partial charge in [0.2, 0.25) is 0 Å². The summed E-state index contributed by atoms with van der Waals surface area (Å²) < 4.78 is 0. The van der Waals surface area contributed by atoms with Crippen LogP contribution in [0.15, 0.2) is 42.9 Å². The highest BCUT2D eigenvalue weighted by atomic mass is 14.9. The summed E-state index contributed by atoms with van der Waals surface area (Å²) in [7, 11) is 0. The molecular formula is C17H13N5. The van der Waals surface area contributed by atoms with E-state index in [0.29, 0.717) is 17.2 Å². The fraction of sp³-hybridized carbons (Fsp3) is 0.176. The van der Waals surface area contributed by atoms with E-state index in [1.54, 1.807) is 12.4 Å². The van der Waals surface area contributed by atoms with Crippen molar-refractivity contribution >= 4 is 16.7 Å². The molecule has 22 heavy (non-hydrogen) atoms. The minimum atomic E-state index is 0.554. The van der Waals surface area contributed by atoms with Crippen LogP contribution in [0, 0.1) is 17.2 Å². The maximum Gasteiger partial charge on any atom is 0.156 e. The topological polar surface area (TPSA) is 78.2 Å². The van der Waals surface area contributed by atoms with Crippen LogP contribution in [0.2, 0.25) is 0 Å². The predicted octanol–water partition coefficient (Wildman–Crippen LogP) is 3.34. The van der Waals surface area contributed by atoms with Gasteiger partial charge in [-0.15, -0.1) is 0 Å². The van der Waals surface area contributed by atoms with Crippen LogP contribution in [0.4, 0.5) is 0 Å². The number of rotatable bonds is 3. The molecule has 0 spiro atoms. The van der Waals surface area contributed by atoms with Crippen molar-refractivity contribution in [3.05, 3.63) is 48.6 Å². The second kappa shape index (κ2) is 5.08. The average Bonchev–Trinajstić information content (AvgIpc) is 3.26. The first-order valence-corrected chi connectivity index (χ1v) is 7.22. The molecule has 0 bridgehead atoms. The van der Waals surface area contributed by atoms with Crippen molar-refractivity contribution in [1.29, 1.82) is 5.26 Å². The van der Waals surface area contributed by atoms with Gasteiger partial charge in [0.1, 0.15) is 11.6 Å². The number of nitrogens with zero attached hydrogens (tertiary/aromatic N) is 4. The third-order valence-electron chi connectivity index (χ3n) is 3.74. The highest BCUT2D eigenvalue weighted by Crippen LogP contribution is 2.33. The molecule has 5 nitrogen and oxygen atoms in total. The highest BCUT2D eigenvalue weighted by Gasteiger charge is 2.20. The molecule has 0 amide bonds. The molecule has 3 aromatic rings. The SMILES string of the molecule is N#CC(=CC1CC1)c1ccc(-c2cnc3[nH]ccc3n2)cn1. The summed E-state index contributed by atoms with van der Waals surface area (Å²) in [5.74, 6) is 0.554. The molecule has 0 atom stereocenters. The standard InChI is InChI=1S/C17H13N5/c18-8-13(7-11-1-2-11)14-4-3-12(9-20-14)16-10-21-17-15(22-16)5-6-19-17/h3-7,9-11H,1-2H2,(H,19,21). The van der Waals surface area contributed by atoms with Crippen LogP contribution in [0.3, 0.4) is 0 Å². The van der Waals surface area contributed by atoms with Crippen molar-refractivity contribution in [2.24, 2.45) is 5.92 Å². The zero-order chi connectivity index (χ0) is 14.9. The molecule has 0 saturated heterocycles. The summed E-state index contributed by atoms with van der Waals surface area (Å²) in [5, 5.41) is 9.25. The van der Waals surface area contributed by atoms with Gasteiger partial charge < -0.3 is 4.98 Å². The molecule has 1 saturated carbocycles. The van der Waals surface area contributed by atoms with Gasteiger partial charge in [0.15, 0.2) is 5.65 Å². The number of aromatic amines is 1. The minimum Gasteiger partial charge on any atom is -0.345 e. The van der Waals surface area contributed by atoms with Crippen LogP contribution in [-0.4, -0.2) is 19.9 Å². The molecule has 3 heterocycles. The first kappa shape index (κ1) is 12.7. The molecule has 4 rings (SSSR count). The second-order valence-corrected chi connectivity index (χ2v) is 5.43. The van der Waals surface area contributed by atoms with Gasteiger partial charge in [0.05, 0.1) is 23.2 Å². The molecule has 1 aliphatic rings. The number of nitrogens with one attached hydrogen (secondary N) is 1. The van der Waals surface area contributed by atoms with Gasteiger partial charge in [0.25, 0.3) is 0 Å². The zero-order valence-corrected chi connectivity index (χ0v) is 11.8. The van der Waals surface area contributed by atoms with Gasteiger partial charge >= 0.3 is 0 Å². The van der Waals surface area contributed by atoms with Crippen molar-refractivity contribution < 1.29 is 0 Å². The molecule has 106 valence electrons. The Bertz CT molecular complexity index is 895. The number of hydrogen-bond acceptors (Lipinski definition) is 4. The van der Waals surface area contributed by atoms with Gasteiger partial charge in [-0.2, -0.15) is 5.26 Å². The monoisotopic (exact) mass is 287 g/mol. The Balaban J connectivity index is 1.67. The number of nitriles is 1. The Labute approximate surface area is 127 Å². The molecule has 5 heteroatoms. The number of H-pyrrole nitrogens is 1. The Hall–Kier alpha value is -3.00. The van der Waals surface area contributed by atoms with Crippen molar-refractivity contribution in [3.8, 4) is 17.3 Å². The molecule has 1 N–H and O–H groups in total. The van der Waals surface area contributed by atoms with Crippen molar-refractivity contribution in [2.45, 2.75) is 12.8 Å². The van der Waals surface area contributed by atoms with Crippen molar-refractivity contribution in [2.75, 3.05) is 0 Å². The van der Waals surface area contributed by atoms with Crippen LogP contribution in [0.1, 0.15) is 18.5 Å². The number of pyridine rings is 1. The maximum absolute atomic E-state index is 9.25. The van der Waals surface area contributed by atoms with Crippen molar-refractivity contribution in [1.82, 2.24) is 19.9 Å². The Morgan fingerprint density at radius 2 is 2.14 bits per heavy atom. The number of fused-ring (bicyclic) bond motifs is 1. The van der Waals surface area contributed by atoms with Crippen LogP contribution in [0.25, 0.3) is 28.0 Å². The summed E-state index contributed by atoms with van der Waals surface area (Å²) in [6.45, 7) is 0. The van der Waals surface area contributed by atoms with E-state index >= 15 is 0 Å². The van der Waals surface area contributed by atoms with Gasteiger partial charge in [-0.3, -0.25) is 4.98 Å². The van der Waals surface area contributed by atoms with Gasteiger partial charge in [-0.25, -0.2) is 9.97 Å². The lowest BCUT2D eigenvalue weighted by atomic mass is 10.1. The summed E-state index contributed by atoms with van der Waals surface area (Å²) in [4.78, 5) is 16.3. The van der Waals surface area contributed by atoms with Gasteiger partial charge in [-0.1, -0.05) is 6.08 Å². The normalized spacial score (nSPS) is 15.0. The van der Waals surface area contributed by atoms with E-state index < -0.39 is 0 Å². The third kappa shape index (κ3) is 2.35. The first-order chi connectivity index (χ1) is 10.8. The quantitative estimate of drug-likeness (QED) is 0.749. The second-order valence-electron chi connectivity index (χ2n) is 5.43. The molecule has 1 aliphatic carbocycles. The van der Waals surface area contributed by atoms with Crippen LogP contribution in [0.5, 0.6) is 0 Å². The van der Waals surface area contributed by atoms with Crippen LogP contribution in [-0.2, 0) is 0 Å². The largest absolute Gasteiger partial charge is 0.345 e. The van der Waals surface area contributed by atoms with E-state index in [4.69, 9.17) is 0 Å². The third-order valence-corrected chi connectivity index (χ3v) is 3.74. The van der Waals surface area contributed by atoms with E-state index in [1.165, 1.54) is 12.8 Å². The van der Waals surface area contributed by atoms with E-state index in [0.717, 1.165) is 22.4 Å². The van der Waals surface area contributed by atoms with Gasteiger partial charge in [-0.05, 0) is 37.0 Å². The molecular weight excluding hydrogens is 274 g/mol. The van der Waals surface area contributed by atoms with E-state index in [1.807, 2.05) is 30.5 Å². The average molecular weight is 287 g/mol. The van der Waals surface area contributed by atoms with E-state index in [2.05, 4.69) is 26.0 Å². The maximum atomic E-state index is 9.25. The summed E-state index contributed by atoms with van der Waals surface area (Å²) in [5.41, 5.74) is 4.63. The lowest BCUT2D eigenvalue weighted by Crippen LogP contribution is -1.91. The lowest BCUT2D eigenvalue weighted by Gasteiger charge is -2.02. The predicted molar refractivity (Wildman–Crippen MR) is 83.4 cm³/mol.